The molecule has 1 saturated heterocycles. The van der Waals surface area contributed by atoms with E-state index in [0.717, 1.165) is 29.8 Å². The monoisotopic (exact) mass is 382 g/mol. The maximum atomic E-state index is 12.1. The minimum Gasteiger partial charge on any atom is -0.465 e. The lowest BCUT2D eigenvalue weighted by atomic mass is 9.93. The number of ether oxygens (including phenoxy) is 2. The van der Waals surface area contributed by atoms with Crippen LogP contribution in [0, 0.1) is 0 Å². The summed E-state index contributed by atoms with van der Waals surface area (Å²) in [6.45, 7) is 3.11. The molecular formula is C17H23BrN2O3. The number of halogens is 1. The molecule has 1 heterocycles. The quantitative estimate of drug-likeness (QED) is 0.793. The average molecular weight is 383 g/mol. The van der Waals surface area contributed by atoms with Crippen molar-refractivity contribution in [1.29, 1.82) is 0 Å². The Morgan fingerprint density at radius 3 is 3.00 bits per heavy atom. The van der Waals surface area contributed by atoms with Crippen LogP contribution in [-0.2, 0) is 9.47 Å². The van der Waals surface area contributed by atoms with E-state index >= 15 is 0 Å². The standard InChI is InChI=1S/C17H23BrN2O3/c1-22-17(21)15-9-12(18)5-6-16(15)20-7-8-23-14(11-20)10-19-13-3-2-4-13/h5-6,9,13-14,19H,2-4,7-8,10-11H2,1H3/t14-/m1/s1. The predicted molar refractivity (Wildman–Crippen MR) is 93.1 cm³/mol. The number of rotatable bonds is 5. The van der Waals surface area contributed by atoms with Crippen molar-refractivity contribution in [3.05, 3.63) is 28.2 Å². The summed E-state index contributed by atoms with van der Waals surface area (Å²) in [6.07, 6.45) is 4.03. The maximum Gasteiger partial charge on any atom is 0.340 e. The highest BCUT2D eigenvalue weighted by Crippen LogP contribution is 2.27. The second-order valence-corrected chi connectivity index (χ2v) is 7.04. The normalized spacial score (nSPS) is 21.8. The number of anilines is 1. The molecule has 1 saturated carbocycles. The van der Waals surface area contributed by atoms with Crippen molar-refractivity contribution < 1.29 is 14.3 Å². The lowest BCUT2D eigenvalue weighted by molar-refractivity contribution is 0.0369. The van der Waals surface area contributed by atoms with E-state index in [0.29, 0.717) is 18.2 Å². The van der Waals surface area contributed by atoms with Gasteiger partial charge in [-0.1, -0.05) is 22.4 Å². The predicted octanol–water partition coefficient (Wildman–Crippen LogP) is 2.58. The van der Waals surface area contributed by atoms with E-state index in [1.165, 1.54) is 26.4 Å². The van der Waals surface area contributed by atoms with E-state index in [9.17, 15) is 4.79 Å². The first-order chi connectivity index (χ1) is 11.2. The van der Waals surface area contributed by atoms with E-state index in [1.807, 2.05) is 18.2 Å². The molecule has 126 valence electrons. The van der Waals surface area contributed by atoms with Crippen molar-refractivity contribution in [2.24, 2.45) is 0 Å². The molecular weight excluding hydrogens is 360 g/mol. The Morgan fingerprint density at radius 1 is 1.48 bits per heavy atom. The third-order valence-corrected chi connectivity index (χ3v) is 5.08. The van der Waals surface area contributed by atoms with Crippen LogP contribution in [0.4, 0.5) is 5.69 Å². The Kier molecular flexibility index (Phi) is 5.56. The molecule has 0 unspecified atom stereocenters. The number of benzene rings is 1. The lowest BCUT2D eigenvalue weighted by Crippen LogP contribution is -2.49. The molecule has 0 spiro atoms. The van der Waals surface area contributed by atoms with Crippen molar-refractivity contribution in [1.82, 2.24) is 5.32 Å². The molecule has 1 N–H and O–H groups in total. The molecule has 1 atom stereocenters. The third kappa shape index (κ3) is 4.05. The minimum atomic E-state index is -0.308. The van der Waals surface area contributed by atoms with Crippen LogP contribution < -0.4 is 10.2 Å². The zero-order valence-electron chi connectivity index (χ0n) is 13.4. The fraction of sp³-hybridized carbons (Fsp3) is 0.588. The lowest BCUT2D eigenvalue weighted by Gasteiger charge is -2.37. The first-order valence-corrected chi connectivity index (χ1v) is 8.94. The number of nitrogens with one attached hydrogen (secondary N) is 1. The number of morpholine rings is 1. The van der Waals surface area contributed by atoms with Crippen molar-refractivity contribution >= 4 is 27.6 Å². The summed E-state index contributed by atoms with van der Waals surface area (Å²) in [6, 6.07) is 6.40. The highest BCUT2D eigenvalue weighted by Gasteiger charge is 2.26. The Hall–Kier alpha value is -1.11. The van der Waals surface area contributed by atoms with Crippen LogP contribution in [0.15, 0.2) is 22.7 Å². The molecule has 2 fully saturated rings. The number of carbonyl (C=O) groups is 1. The molecule has 6 heteroatoms. The van der Waals surface area contributed by atoms with Crippen LogP contribution in [0.3, 0.4) is 0 Å². The molecule has 1 aromatic carbocycles. The second kappa shape index (κ2) is 7.64. The summed E-state index contributed by atoms with van der Waals surface area (Å²) >= 11 is 3.42. The van der Waals surface area contributed by atoms with Crippen LogP contribution in [-0.4, -0.2) is 51.5 Å². The number of hydrogen-bond donors (Lipinski definition) is 1. The first-order valence-electron chi connectivity index (χ1n) is 8.15. The fourth-order valence-corrected chi connectivity index (χ4v) is 3.39. The number of nitrogens with zero attached hydrogens (tertiary/aromatic N) is 1. The van der Waals surface area contributed by atoms with Gasteiger partial charge in [0.25, 0.3) is 0 Å². The maximum absolute atomic E-state index is 12.1. The van der Waals surface area contributed by atoms with E-state index in [-0.39, 0.29) is 12.1 Å². The zero-order chi connectivity index (χ0) is 16.2. The average Bonchev–Trinajstić information content (AvgIpc) is 2.53. The van der Waals surface area contributed by atoms with Crippen LogP contribution in [0.2, 0.25) is 0 Å². The van der Waals surface area contributed by atoms with Crippen molar-refractivity contribution in [3.63, 3.8) is 0 Å². The third-order valence-electron chi connectivity index (χ3n) is 4.58. The Labute approximate surface area is 145 Å². The van der Waals surface area contributed by atoms with Crippen molar-refractivity contribution in [3.8, 4) is 0 Å². The second-order valence-electron chi connectivity index (χ2n) is 6.13. The van der Waals surface area contributed by atoms with E-state index in [1.54, 1.807) is 0 Å². The number of methoxy groups -OCH3 is 1. The largest absolute Gasteiger partial charge is 0.465 e. The molecule has 3 rings (SSSR count). The molecule has 0 amide bonds. The van der Waals surface area contributed by atoms with Crippen LogP contribution in [0.5, 0.6) is 0 Å². The van der Waals surface area contributed by atoms with Crippen LogP contribution in [0.1, 0.15) is 29.6 Å². The zero-order valence-corrected chi connectivity index (χ0v) is 15.0. The summed E-state index contributed by atoms with van der Waals surface area (Å²) in [5.74, 6) is -0.308. The van der Waals surface area contributed by atoms with E-state index in [2.05, 4.69) is 26.1 Å². The van der Waals surface area contributed by atoms with Gasteiger partial charge in [-0.05, 0) is 31.0 Å². The van der Waals surface area contributed by atoms with Gasteiger partial charge in [0.15, 0.2) is 0 Å². The summed E-state index contributed by atoms with van der Waals surface area (Å²) < 4.78 is 11.7. The van der Waals surface area contributed by atoms with E-state index in [4.69, 9.17) is 9.47 Å². The molecule has 1 aliphatic heterocycles. The molecule has 1 aromatic rings. The molecule has 0 aromatic heterocycles. The van der Waals surface area contributed by atoms with Gasteiger partial charge >= 0.3 is 5.97 Å². The smallest absolute Gasteiger partial charge is 0.340 e. The summed E-state index contributed by atoms with van der Waals surface area (Å²) in [7, 11) is 1.41. The van der Waals surface area contributed by atoms with Gasteiger partial charge in [-0.25, -0.2) is 4.79 Å². The van der Waals surface area contributed by atoms with Gasteiger partial charge < -0.3 is 19.7 Å². The van der Waals surface area contributed by atoms with E-state index < -0.39 is 0 Å². The molecule has 0 bridgehead atoms. The van der Waals surface area contributed by atoms with Gasteiger partial charge in [0, 0.05) is 30.1 Å². The van der Waals surface area contributed by atoms with Gasteiger partial charge in [0.2, 0.25) is 0 Å². The molecule has 23 heavy (non-hydrogen) atoms. The molecule has 0 radical (unpaired) electrons. The number of esters is 1. The van der Waals surface area contributed by atoms with Crippen molar-refractivity contribution in [2.45, 2.75) is 31.4 Å². The van der Waals surface area contributed by atoms with Crippen LogP contribution >= 0.6 is 15.9 Å². The van der Waals surface area contributed by atoms with Crippen molar-refractivity contribution in [2.75, 3.05) is 38.3 Å². The topological polar surface area (TPSA) is 50.8 Å². The Balaban J connectivity index is 1.68. The Morgan fingerprint density at radius 2 is 2.30 bits per heavy atom. The Bertz CT molecular complexity index is 563. The molecule has 2 aliphatic rings. The number of carbonyl (C=O) groups excluding carboxylic acids is 1. The van der Waals surface area contributed by atoms with Gasteiger partial charge in [0.1, 0.15) is 0 Å². The highest BCUT2D eigenvalue weighted by molar-refractivity contribution is 9.10. The number of hydrogen-bond acceptors (Lipinski definition) is 5. The van der Waals surface area contributed by atoms with Gasteiger partial charge in [-0.3, -0.25) is 0 Å². The fourth-order valence-electron chi connectivity index (χ4n) is 3.03. The SMILES string of the molecule is COC(=O)c1cc(Br)ccc1N1CCO[C@H](CNC2CCC2)C1. The molecule has 5 nitrogen and oxygen atoms in total. The summed E-state index contributed by atoms with van der Waals surface area (Å²) in [4.78, 5) is 14.3. The molecule has 1 aliphatic carbocycles. The van der Waals surface area contributed by atoms with Gasteiger partial charge in [0.05, 0.1) is 31.1 Å². The van der Waals surface area contributed by atoms with Gasteiger partial charge in [-0.2, -0.15) is 0 Å². The first kappa shape index (κ1) is 16.7. The minimum absolute atomic E-state index is 0.151. The summed E-state index contributed by atoms with van der Waals surface area (Å²) in [5.41, 5.74) is 1.51. The highest BCUT2D eigenvalue weighted by atomic mass is 79.9. The summed E-state index contributed by atoms with van der Waals surface area (Å²) in [5, 5.41) is 3.57. The van der Waals surface area contributed by atoms with Gasteiger partial charge in [-0.15, -0.1) is 0 Å². The van der Waals surface area contributed by atoms with Crippen LogP contribution in [0.25, 0.3) is 0 Å².